The SMILES string of the molecule is C[C@@H]1COc2c(F)cc(F)cc2C1. The molecule has 1 aliphatic heterocycles. The second-order valence-electron chi connectivity index (χ2n) is 3.50. The fourth-order valence-electron chi connectivity index (χ4n) is 1.59. The van der Waals surface area contributed by atoms with E-state index < -0.39 is 11.6 Å². The van der Waals surface area contributed by atoms with Gasteiger partial charge in [0.15, 0.2) is 11.6 Å². The molecule has 0 aromatic heterocycles. The molecule has 0 amide bonds. The molecule has 1 aromatic rings. The maximum Gasteiger partial charge on any atom is 0.168 e. The molecule has 0 N–H and O–H groups in total. The van der Waals surface area contributed by atoms with E-state index in [4.69, 9.17) is 4.74 Å². The second kappa shape index (κ2) is 2.98. The lowest BCUT2D eigenvalue weighted by atomic mass is 9.98. The topological polar surface area (TPSA) is 9.23 Å². The first kappa shape index (κ1) is 8.48. The summed E-state index contributed by atoms with van der Waals surface area (Å²) in [5.41, 5.74) is 0.635. The zero-order valence-corrected chi connectivity index (χ0v) is 7.31. The molecular weight excluding hydrogens is 174 g/mol. The van der Waals surface area contributed by atoms with Crippen LogP contribution >= 0.6 is 0 Å². The van der Waals surface area contributed by atoms with Crippen LogP contribution in [0.1, 0.15) is 12.5 Å². The van der Waals surface area contributed by atoms with Crippen molar-refractivity contribution < 1.29 is 13.5 Å². The fourth-order valence-corrected chi connectivity index (χ4v) is 1.59. The van der Waals surface area contributed by atoms with Crippen LogP contribution in [-0.4, -0.2) is 6.61 Å². The molecule has 70 valence electrons. The van der Waals surface area contributed by atoms with Gasteiger partial charge in [-0.05, 0) is 18.4 Å². The minimum Gasteiger partial charge on any atom is -0.490 e. The van der Waals surface area contributed by atoms with Crippen molar-refractivity contribution in [3.8, 4) is 5.75 Å². The van der Waals surface area contributed by atoms with Crippen molar-refractivity contribution >= 4 is 0 Å². The Bertz CT molecular complexity index is 336. The Hall–Kier alpha value is -1.12. The predicted molar refractivity (Wildman–Crippen MR) is 44.7 cm³/mol. The van der Waals surface area contributed by atoms with Gasteiger partial charge in [-0.3, -0.25) is 0 Å². The van der Waals surface area contributed by atoms with Gasteiger partial charge in [-0.25, -0.2) is 8.78 Å². The molecule has 1 heterocycles. The van der Waals surface area contributed by atoms with Crippen LogP contribution in [0, 0.1) is 17.6 Å². The molecule has 0 spiro atoms. The first-order chi connectivity index (χ1) is 6.16. The molecule has 1 aromatic carbocycles. The molecule has 0 fully saturated rings. The van der Waals surface area contributed by atoms with Crippen LogP contribution < -0.4 is 4.74 Å². The van der Waals surface area contributed by atoms with E-state index in [1.165, 1.54) is 6.07 Å². The summed E-state index contributed by atoms with van der Waals surface area (Å²) in [7, 11) is 0. The van der Waals surface area contributed by atoms with Crippen molar-refractivity contribution in [1.82, 2.24) is 0 Å². The maximum atomic E-state index is 13.1. The van der Waals surface area contributed by atoms with Crippen LogP contribution in [0.3, 0.4) is 0 Å². The zero-order valence-electron chi connectivity index (χ0n) is 7.31. The number of rotatable bonds is 0. The van der Waals surface area contributed by atoms with Crippen LogP contribution in [-0.2, 0) is 6.42 Å². The molecule has 0 bridgehead atoms. The summed E-state index contributed by atoms with van der Waals surface area (Å²) in [6, 6.07) is 2.20. The Morgan fingerprint density at radius 3 is 2.92 bits per heavy atom. The van der Waals surface area contributed by atoms with Gasteiger partial charge in [0.2, 0.25) is 0 Å². The lowest BCUT2D eigenvalue weighted by Crippen LogP contribution is -2.19. The average Bonchev–Trinajstić information content (AvgIpc) is 2.02. The lowest BCUT2D eigenvalue weighted by molar-refractivity contribution is 0.222. The number of hydrogen-bond acceptors (Lipinski definition) is 1. The van der Waals surface area contributed by atoms with E-state index in [1.54, 1.807) is 0 Å². The van der Waals surface area contributed by atoms with Crippen LogP contribution in [0.15, 0.2) is 12.1 Å². The van der Waals surface area contributed by atoms with Crippen LogP contribution in [0.2, 0.25) is 0 Å². The van der Waals surface area contributed by atoms with Gasteiger partial charge in [-0.1, -0.05) is 6.92 Å². The van der Waals surface area contributed by atoms with Crippen molar-refractivity contribution in [1.29, 1.82) is 0 Å². The number of halogens is 2. The van der Waals surface area contributed by atoms with Gasteiger partial charge < -0.3 is 4.74 Å². The molecule has 0 unspecified atom stereocenters. The van der Waals surface area contributed by atoms with Crippen molar-refractivity contribution in [2.45, 2.75) is 13.3 Å². The molecule has 1 nitrogen and oxygen atoms in total. The van der Waals surface area contributed by atoms with E-state index in [-0.39, 0.29) is 5.75 Å². The first-order valence-corrected chi connectivity index (χ1v) is 4.27. The molecule has 1 aliphatic rings. The van der Waals surface area contributed by atoms with Gasteiger partial charge in [0.05, 0.1) is 6.61 Å². The molecular formula is C10H10F2O. The summed E-state index contributed by atoms with van der Waals surface area (Å²) < 4.78 is 31.1. The Kier molecular flexibility index (Phi) is 1.94. The van der Waals surface area contributed by atoms with Crippen molar-refractivity contribution in [2.24, 2.45) is 5.92 Å². The third kappa shape index (κ3) is 1.50. The number of fused-ring (bicyclic) bond motifs is 1. The summed E-state index contributed by atoms with van der Waals surface area (Å²) in [5.74, 6) is -0.580. The van der Waals surface area contributed by atoms with E-state index in [0.29, 0.717) is 24.5 Å². The molecule has 0 saturated heterocycles. The van der Waals surface area contributed by atoms with Gasteiger partial charge in [0, 0.05) is 11.6 Å². The smallest absolute Gasteiger partial charge is 0.168 e. The molecule has 0 aliphatic carbocycles. The lowest BCUT2D eigenvalue weighted by Gasteiger charge is -2.22. The monoisotopic (exact) mass is 184 g/mol. The minimum atomic E-state index is -0.595. The molecule has 0 radical (unpaired) electrons. The summed E-state index contributed by atoms with van der Waals surface area (Å²) in [6.45, 7) is 2.50. The second-order valence-corrected chi connectivity index (χ2v) is 3.50. The normalized spacial score (nSPS) is 20.7. The minimum absolute atomic E-state index is 0.222. The molecule has 0 saturated carbocycles. The molecule has 3 heteroatoms. The van der Waals surface area contributed by atoms with Crippen LogP contribution in [0.4, 0.5) is 8.78 Å². The predicted octanol–water partition coefficient (Wildman–Crippen LogP) is 2.54. The van der Waals surface area contributed by atoms with Crippen molar-refractivity contribution in [3.63, 3.8) is 0 Å². The van der Waals surface area contributed by atoms with E-state index in [0.717, 1.165) is 6.07 Å². The van der Waals surface area contributed by atoms with E-state index >= 15 is 0 Å². The molecule has 1 atom stereocenters. The van der Waals surface area contributed by atoms with E-state index in [9.17, 15) is 8.78 Å². The summed E-state index contributed by atoms with van der Waals surface area (Å²) in [5, 5.41) is 0. The highest BCUT2D eigenvalue weighted by atomic mass is 19.1. The third-order valence-electron chi connectivity index (χ3n) is 2.17. The van der Waals surface area contributed by atoms with Crippen molar-refractivity contribution in [3.05, 3.63) is 29.3 Å². The fraction of sp³-hybridized carbons (Fsp3) is 0.400. The highest BCUT2D eigenvalue weighted by Gasteiger charge is 2.20. The van der Waals surface area contributed by atoms with E-state index in [1.807, 2.05) is 6.92 Å². The largest absolute Gasteiger partial charge is 0.490 e. The summed E-state index contributed by atoms with van der Waals surface area (Å²) in [6.07, 6.45) is 0.685. The third-order valence-corrected chi connectivity index (χ3v) is 2.17. The zero-order chi connectivity index (χ0) is 9.42. The van der Waals surface area contributed by atoms with Gasteiger partial charge in [-0.2, -0.15) is 0 Å². The average molecular weight is 184 g/mol. The van der Waals surface area contributed by atoms with Crippen LogP contribution in [0.25, 0.3) is 0 Å². The highest BCUT2D eigenvalue weighted by molar-refractivity contribution is 5.37. The quantitative estimate of drug-likeness (QED) is 0.602. The summed E-state index contributed by atoms with van der Waals surface area (Å²) >= 11 is 0. The van der Waals surface area contributed by atoms with E-state index in [2.05, 4.69) is 0 Å². The molecule has 2 rings (SSSR count). The first-order valence-electron chi connectivity index (χ1n) is 4.27. The van der Waals surface area contributed by atoms with Crippen LogP contribution in [0.5, 0.6) is 5.75 Å². The number of ether oxygens (including phenoxy) is 1. The Labute approximate surface area is 75.3 Å². The summed E-state index contributed by atoms with van der Waals surface area (Å²) in [4.78, 5) is 0. The van der Waals surface area contributed by atoms with Gasteiger partial charge in [-0.15, -0.1) is 0 Å². The Balaban J connectivity index is 2.47. The van der Waals surface area contributed by atoms with Crippen molar-refractivity contribution in [2.75, 3.05) is 6.61 Å². The number of hydrogen-bond donors (Lipinski definition) is 0. The Morgan fingerprint density at radius 2 is 2.15 bits per heavy atom. The highest BCUT2D eigenvalue weighted by Crippen LogP contribution is 2.30. The maximum absolute atomic E-state index is 13.1. The Morgan fingerprint density at radius 1 is 1.38 bits per heavy atom. The van der Waals surface area contributed by atoms with Gasteiger partial charge in [0.25, 0.3) is 0 Å². The van der Waals surface area contributed by atoms with Gasteiger partial charge in [0.1, 0.15) is 5.82 Å². The standard InChI is InChI=1S/C10H10F2O/c1-6-2-7-3-8(11)4-9(12)10(7)13-5-6/h3-4,6H,2,5H2,1H3/t6-/m0/s1. The molecule has 13 heavy (non-hydrogen) atoms. The number of benzene rings is 1. The van der Waals surface area contributed by atoms with Gasteiger partial charge >= 0.3 is 0 Å².